The zero-order valence-electron chi connectivity index (χ0n) is 13.4. The Morgan fingerprint density at radius 2 is 1.80 bits per heavy atom. The van der Waals surface area contributed by atoms with E-state index in [-0.39, 0.29) is 0 Å². The maximum absolute atomic E-state index is 4.68. The van der Waals surface area contributed by atoms with Gasteiger partial charge in [-0.25, -0.2) is 23.5 Å². The standard InChI is InChI=1S/C20H14N5/c1-2-7-15(8-3-1)25-16-12-17-21-10-5-11-23(17)19(16)24-13-14-6-4-9-22-18(14)20(24)25/h1-12H,13H2/q+1. The fourth-order valence-electron chi connectivity index (χ4n) is 3.91. The predicted octanol–water partition coefficient (Wildman–Crippen LogP) is 2.99. The number of imidazole rings is 1. The Labute approximate surface area is 143 Å². The minimum absolute atomic E-state index is 0.829. The van der Waals surface area contributed by atoms with Crippen molar-refractivity contribution in [1.29, 1.82) is 0 Å². The Hall–Kier alpha value is -3.47. The van der Waals surface area contributed by atoms with Crippen LogP contribution in [0.4, 0.5) is 0 Å². The van der Waals surface area contributed by atoms with Crippen LogP contribution < -0.4 is 4.57 Å². The van der Waals surface area contributed by atoms with Crippen molar-refractivity contribution in [2.45, 2.75) is 6.54 Å². The highest BCUT2D eigenvalue weighted by Crippen LogP contribution is 2.33. The quantitative estimate of drug-likeness (QED) is 0.436. The lowest BCUT2D eigenvalue weighted by molar-refractivity contribution is -0.648. The van der Waals surface area contributed by atoms with Gasteiger partial charge in [-0.15, -0.1) is 0 Å². The molecule has 0 aliphatic carbocycles. The van der Waals surface area contributed by atoms with Gasteiger partial charge in [0.15, 0.2) is 11.2 Å². The number of rotatable bonds is 1. The molecule has 0 unspecified atom stereocenters. The Kier molecular flexibility index (Phi) is 2.34. The fourth-order valence-corrected chi connectivity index (χ4v) is 3.91. The van der Waals surface area contributed by atoms with Crippen LogP contribution in [0, 0.1) is 0 Å². The lowest BCUT2D eigenvalue weighted by Crippen LogP contribution is -2.32. The zero-order valence-corrected chi connectivity index (χ0v) is 13.4. The van der Waals surface area contributed by atoms with Gasteiger partial charge in [0.1, 0.15) is 11.4 Å². The van der Waals surface area contributed by atoms with E-state index in [9.17, 15) is 0 Å². The van der Waals surface area contributed by atoms with Gasteiger partial charge >= 0.3 is 0 Å². The summed E-state index contributed by atoms with van der Waals surface area (Å²) < 4.78 is 6.79. The Bertz CT molecular complexity index is 1260. The van der Waals surface area contributed by atoms with Crippen LogP contribution in [-0.4, -0.2) is 18.9 Å². The average molecular weight is 324 g/mol. The van der Waals surface area contributed by atoms with Crippen molar-refractivity contribution in [3.8, 4) is 17.2 Å². The summed E-state index contributed by atoms with van der Waals surface area (Å²) in [5.74, 6) is 1.13. The van der Waals surface area contributed by atoms with Gasteiger partial charge in [-0.2, -0.15) is 0 Å². The molecular weight excluding hydrogens is 310 g/mol. The van der Waals surface area contributed by atoms with Gasteiger partial charge < -0.3 is 0 Å². The number of pyridine rings is 1. The molecule has 1 aliphatic heterocycles. The van der Waals surface area contributed by atoms with Gasteiger partial charge in [-0.3, -0.25) is 0 Å². The van der Waals surface area contributed by atoms with Crippen LogP contribution >= 0.6 is 0 Å². The van der Waals surface area contributed by atoms with Crippen LogP contribution in [0.25, 0.3) is 34.0 Å². The number of fused-ring (bicyclic) bond motifs is 7. The fraction of sp³-hybridized carbons (Fsp3) is 0.0500. The predicted molar refractivity (Wildman–Crippen MR) is 94.6 cm³/mol. The zero-order chi connectivity index (χ0) is 16.4. The first kappa shape index (κ1) is 12.9. The van der Waals surface area contributed by atoms with Gasteiger partial charge in [-0.1, -0.05) is 24.3 Å². The van der Waals surface area contributed by atoms with Gasteiger partial charge in [-0.05, 0) is 24.3 Å². The first-order valence-corrected chi connectivity index (χ1v) is 8.32. The molecule has 5 nitrogen and oxygen atoms in total. The highest BCUT2D eigenvalue weighted by molar-refractivity contribution is 5.83. The van der Waals surface area contributed by atoms with Crippen LogP contribution in [0.5, 0.6) is 0 Å². The molecule has 0 saturated heterocycles. The van der Waals surface area contributed by atoms with Crippen LogP contribution in [0.2, 0.25) is 0 Å². The molecular formula is C20H14N5+. The molecule has 5 heteroatoms. The highest BCUT2D eigenvalue weighted by atomic mass is 15.3. The summed E-state index contributed by atoms with van der Waals surface area (Å²) in [6.45, 7) is 0.829. The van der Waals surface area contributed by atoms with E-state index < -0.39 is 0 Å². The summed E-state index contributed by atoms with van der Waals surface area (Å²) in [7, 11) is 0. The molecule has 6 rings (SSSR count). The second-order valence-corrected chi connectivity index (χ2v) is 6.29. The second kappa shape index (κ2) is 4.54. The third-order valence-corrected chi connectivity index (χ3v) is 4.91. The van der Waals surface area contributed by atoms with E-state index in [2.05, 4.69) is 66.1 Å². The van der Waals surface area contributed by atoms with E-state index in [0.29, 0.717) is 0 Å². The van der Waals surface area contributed by atoms with Gasteiger partial charge in [0.25, 0.3) is 11.5 Å². The smallest absolute Gasteiger partial charge is 0.249 e. The number of aromatic nitrogens is 5. The molecule has 118 valence electrons. The van der Waals surface area contributed by atoms with Crippen molar-refractivity contribution in [3.63, 3.8) is 0 Å². The first-order valence-electron chi connectivity index (χ1n) is 8.32. The summed E-state index contributed by atoms with van der Waals surface area (Å²) >= 11 is 0. The molecule has 25 heavy (non-hydrogen) atoms. The van der Waals surface area contributed by atoms with E-state index in [4.69, 9.17) is 0 Å². The third kappa shape index (κ3) is 1.59. The van der Waals surface area contributed by atoms with Crippen LogP contribution in [0.15, 0.2) is 73.2 Å². The Morgan fingerprint density at radius 3 is 2.72 bits per heavy atom. The van der Waals surface area contributed by atoms with Gasteiger partial charge in [0.05, 0.1) is 12.7 Å². The number of benzene rings is 1. The van der Waals surface area contributed by atoms with E-state index in [0.717, 1.165) is 40.6 Å². The molecule has 0 radical (unpaired) electrons. The molecule has 0 saturated carbocycles. The summed E-state index contributed by atoms with van der Waals surface area (Å²) in [4.78, 5) is 9.20. The molecule has 0 atom stereocenters. The van der Waals surface area contributed by atoms with Gasteiger partial charge in [0, 0.05) is 24.0 Å². The number of nitrogens with zero attached hydrogens (tertiary/aromatic N) is 5. The topological polar surface area (TPSA) is 39.0 Å². The lowest BCUT2D eigenvalue weighted by atomic mass is 10.2. The first-order chi connectivity index (χ1) is 12.4. The van der Waals surface area contributed by atoms with Crippen LogP contribution in [0.3, 0.4) is 0 Å². The summed E-state index contributed by atoms with van der Waals surface area (Å²) in [6.07, 6.45) is 5.78. The molecule has 5 aromatic rings. The number of hydrogen-bond donors (Lipinski definition) is 0. The molecule has 0 amide bonds. The molecule has 4 aromatic heterocycles. The van der Waals surface area contributed by atoms with Crippen molar-refractivity contribution in [3.05, 3.63) is 78.8 Å². The van der Waals surface area contributed by atoms with Crippen molar-refractivity contribution in [2.24, 2.45) is 0 Å². The van der Waals surface area contributed by atoms with Crippen LogP contribution in [-0.2, 0) is 6.54 Å². The van der Waals surface area contributed by atoms with Crippen molar-refractivity contribution < 1.29 is 4.57 Å². The summed E-state index contributed by atoms with van der Waals surface area (Å²) in [5, 5.41) is 0. The largest absolute Gasteiger partial charge is 0.275 e. The minimum atomic E-state index is 0.829. The second-order valence-electron chi connectivity index (χ2n) is 6.29. The van der Waals surface area contributed by atoms with Gasteiger partial charge in [0.2, 0.25) is 0 Å². The minimum Gasteiger partial charge on any atom is -0.249 e. The lowest BCUT2D eigenvalue weighted by Gasteiger charge is -2.02. The highest BCUT2D eigenvalue weighted by Gasteiger charge is 2.36. The summed E-state index contributed by atoms with van der Waals surface area (Å²) in [5.41, 5.74) is 6.70. The van der Waals surface area contributed by atoms with Crippen molar-refractivity contribution in [2.75, 3.05) is 0 Å². The molecule has 0 spiro atoms. The number of hydrogen-bond acceptors (Lipinski definition) is 2. The maximum atomic E-state index is 4.68. The molecule has 1 aromatic carbocycles. The Morgan fingerprint density at radius 1 is 0.920 bits per heavy atom. The van der Waals surface area contributed by atoms with E-state index in [1.54, 1.807) is 0 Å². The van der Waals surface area contributed by atoms with Crippen molar-refractivity contribution >= 4 is 16.8 Å². The molecule has 1 aliphatic rings. The third-order valence-electron chi connectivity index (χ3n) is 4.91. The van der Waals surface area contributed by atoms with E-state index in [1.165, 1.54) is 5.56 Å². The van der Waals surface area contributed by atoms with Crippen molar-refractivity contribution in [1.82, 2.24) is 18.9 Å². The van der Waals surface area contributed by atoms with Crippen LogP contribution in [0.1, 0.15) is 5.56 Å². The summed E-state index contributed by atoms with van der Waals surface area (Å²) in [6, 6.07) is 18.7. The maximum Gasteiger partial charge on any atom is 0.275 e. The molecule has 0 fully saturated rings. The molecule has 5 heterocycles. The van der Waals surface area contributed by atoms with E-state index >= 15 is 0 Å². The normalized spacial score (nSPS) is 12.6. The monoisotopic (exact) mass is 324 g/mol. The van der Waals surface area contributed by atoms with E-state index in [1.807, 2.05) is 30.6 Å². The molecule has 0 N–H and O–H groups in total. The Balaban J connectivity index is 1.83. The molecule has 0 bridgehead atoms. The average Bonchev–Trinajstić information content (AvgIpc) is 3.29. The SMILES string of the molecule is c1ccc(-n2c3[n+](c4c2cc2ncccn24)Cc2cccnc2-3)cc1. The number of para-hydroxylation sites is 1.